The normalized spacial score (nSPS) is 16.4. The number of nitroso groups, excluding NO2 is 1. The highest BCUT2D eigenvalue weighted by molar-refractivity contribution is 6.32. The fourth-order valence-electron chi connectivity index (χ4n) is 2.26. The molecule has 1 aromatic carbocycles. The van der Waals surface area contributed by atoms with Crippen molar-refractivity contribution in [1.29, 1.82) is 0 Å². The van der Waals surface area contributed by atoms with Gasteiger partial charge in [-0.2, -0.15) is 13.2 Å². The van der Waals surface area contributed by atoms with E-state index in [9.17, 15) is 22.9 Å². The number of carbonyl (C=O) groups excluding carboxylic acids is 1. The largest absolute Gasteiger partial charge is 0.475 e. The summed E-state index contributed by atoms with van der Waals surface area (Å²) in [4.78, 5) is 26.0. The number of rotatable bonds is 5. The molecule has 1 heterocycles. The number of aryl methyl sites for hydroxylation is 1. The van der Waals surface area contributed by atoms with E-state index < -0.39 is 30.6 Å². The van der Waals surface area contributed by atoms with E-state index in [-0.39, 0.29) is 11.3 Å². The zero-order chi connectivity index (χ0) is 18.8. The van der Waals surface area contributed by atoms with E-state index in [1.54, 1.807) is 13.8 Å². The van der Waals surface area contributed by atoms with E-state index in [4.69, 9.17) is 16.3 Å². The summed E-state index contributed by atoms with van der Waals surface area (Å²) in [6.07, 6.45) is -6.34. The average Bonchev–Trinajstić information content (AvgIpc) is 2.55. The highest BCUT2D eigenvalue weighted by Crippen LogP contribution is 2.41. The maximum Gasteiger partial charge on any atom is 0.430 e. The number of alkyl halides is 3. The van der Waals surface area contributed by atoms with Crippen molar-refractivity contribution in [2.24, 2.45) is 5.29 Å². The van der Waals surface area contributed by atoms with Crippen LogP contribution in [0.5, 0.6) is 5.75 Å². The van der Waals surface area contributed by atoms with Crippen molar-refractivity contribution in [3.63, 3.8) is 0 Å². The lowest BCUT2D eigenvalue weighted by Gasteiger charge is -2.29. The van der Waals surface area contributed by atoms with Crippen molar-refractivity contribution in [1.82, 2.24) is 5.59 Å². The lowest BCUT2D eigenvalue weighted by Crippen LogP contribution is -2.41. The summed E-state index contributed by atoms with van der Waals surface area (Å²) in [6.45, 7) is 2.39. The summed E-state index contributed by atoms with van der Waals surface area (Å²) in [7, 11) is 0. The van der Waals surface area contributed by atoms with Crippen LogP contribution in [0.1, 0.15) is 16.7 Å². The number of nitrogens with one attached hydrogen (secondary N) is 1. The van der Waals surface area contributed by atoms with Crippen LogP contribution in [-0.4, -0.2) is 25.0 Å². The molecule has 0 aromatic heterocycles. The van der Waals surface area contributed by atoms with Crippen LogP contribution >= 0.6 is 11.6 Å². The van der Waals surface area contributed by atoms with Crippen molar-refractivity contribution >= 4 is 23.6 Å². The van der Waals surface area contributed by atoms with E-state index >= 15 is 0 Å². The molecule has 7 nitrogen and oxygen atoms in total. The fourth-order valence-corrected chi connectivity index (χ4v) is 2.42. The van der Waals surface area contributed by atoms with Gasteiger partial charge in [-0.1, -0.05) is 11.6 Å². The third-order valence-corrected chi connectivity index (χ3v) is 3.98. The molecule has 1 aliphatic heterocycles. The first-order valence-electron chi connectivity index (χ1n) is 6.77. The van der Waals surface area contributed by atoms with Crippen LogP contribution in [0.25, 0.3) is 6.08 Å². The predicted octanol–water partition coefficient (Wildman–Crippen LogP) is 3.37. The van der Waals surface area contributed by atoms with Crippen molar-refractivity contribution in [3.8, 4) is 5.75 Å². The zero-order valence-electron chi connectivity index (χ0n) is 12.9. The number of fused-ring (bicyclic) bond motifs is 1. The van der Waals surface area contributed by atoms with Crippen molar-refractivity contribution in [3.05, 3.63) is 38.3 Å². The molecule has 1 N–H and O–H groups in total. The van der Waals surface area contributed by atoms with Gasteiger partial charge in [-0.15, -0.1) is 10.5 Å². The minimum absolute atomic E-state index is 0.0404. The summed E-state index contributed by atoms with van der Waals surface area (Å²) >= 11 is 6.10. The van der Waals surface area contributed by atoms with Gasteiger partial charge in [-0.05, 0) is 37.1 Å². The van der Waals surface area contributed by atoms with Crippen LogP contribution in [0.4, 0.5) is 13.2 Å². The molecule has 136 valence electrons. The van der Waals surface area contributed by atoms with Gasteiger partial charge in [0.05, 0.1) is 10.9 Å². The molecule has 0 saturated carbocycles. The highest BCUT2D eigenvalue weighted by Gasteiger charge is 2.49. The lowest BCUT2D eigenvalue weighted by atomic mass is 9.96. The van der Waals surface area contributed by atoms with Gasteiger partial charge < -0.3 is 9.47 Å². The molecule has 11 heteroatoms. The van der Waals surface area contributed by atoms with Crippen LogP contribution in [0, 0.1) is 18.8 Å². The number of hydrogen-bond donors (Lipinski definition) is 1. The van der Waals surface area contributed by atoms with Gasteiger partial charge in [0.1, 0.15) is 5.75 Å². The second-order valence-electron chi connectivity index (χ2n) is 5.06. The van der Waals surface area contributed by atoms with E-state index in [1.165, 1.54) is 11.7 Å². The topological polar surface area (TPSA) is 86.2 Å². The zero-order valence-corrected chi connectivity index (χ0v) is 13.7. The molecule has 1 aliphatic rings. The number of carbonyl (C=O) groups is 1. The van der Waals surface area contributed by atoms with E-state index in [0.717, 1.165) is 6.08 Å². The number of halogens is 4. The summed E-state index contributed by atoms with van der Waals surface area (Å²) in [5.74, 6) is -1.36. The molecule has 2 rings (SSSR count). The third kappa shape index (κ3) is 4.02. The van der Waals surface area contributed by atoms with Crippen LogP contribution in [0.3, 0.4) is 0 Å². The maximum absolute atomic E-state index is 13.3. The Morgan fingerprint density at radius 3 is 2.72 bits per heavy atom. The molecule has 0 aliphatic carbocycles. The highest BCUT2D eigenvalue weighted by atomic mass is 35.5. The second-order valence-corrected chi connectivity index (χ2v) is 5.44. The number of hydrogen-bond acceptors (Lipinski definition) is 6. The van der Waals surface area contributed by atoms with Crippen LogP contribution in [-0.2, 0) is 14.4 Å². The molecule has 1 atom stereocenters. The molecule has 0 spiro atoms. The Bertz CT molecular complexity index is 736. The van der Waals surface area contributed by atoms with Gasteiger partial charge >= 0.3 is 12.1 Å². The van der Waals surface area contributed by atoms with E-state index in [1.807, 2.05) is 0 Å². The summed E-state index contributed by atoms with van der Waals surface area (Å²) in [5.41, 5.74) is 1.97. The Morgan fingerprint density at radius 2 is 2.12 bits per heavy atom. The molecular formula is C14H12ClF3N2O5. The Balaban J connectivity index is 2.40. The Hall–Kier alpha value is -2.33. The van der Waals surface area contributed by atoms with Crippen molar-refractivity contribution in [2.75, 3.05) is 6.79 Å². The first kappa shape index (κ1) is 19.0. The van der Waals surface area contributed by atoms with Gasteiger partial charge in [0.15, 0.2) is 0 Å². The van der Waals surface area contributed by atoms with Crippen LogP contribution in [0.15, 0.2) is 16.9 Å². The Kier molecular flexibility index (Phi) is 5.53. The van der Waals surface area contributed by atoms with Crippen molar-refractivity contribution in [2.45, 2.75) is 26.1 Å². The van der Waals surface area contributed by atoms with E-state index in [2.05, 4.69) is 14.9 Å². The fraction of sp³-hybridized carbons (Fsp3) is 0.357. The summed E-state index contributed by atoms with van der Waals surface area (Å²) in [6, 6.07) is 1.37. The van der Waals surface area contributed by atoms with Gasteiger partial charge in [-0.3, -0.25) is 0 Å². The first-order chi connectivity index (χ1) is 11.7. The van der Waals surface area contributed by atoms with Gasteiger partial charge in [-0.25, -0.2) is 9.63 Å². The number of ether oxygens (including phenoxy) is 2. The SMILES string of the molecule is Cc1cc2c(c(C)c1Cl)C=C(C(=O)OCONN=O)[C@@H](C(F)(F)F)O2. The first-order valence-corrected chi connectivity index (χ1v) is 7.15. The molecule has 0 fully saturated rings. The quantitative estimate of drug-likeness (QED) is 0.277. The molecule has 0 saturated heterocycles. The smallest absolute Gasteiger partial charge is 0.430 e. The summed E-state index contributed by atoms with van der Waals surface area (Å²) < 4.78 is 49.3. The monoisotopic (exact) mass is 380 g/mol. The minimum Gasteiger partial charge on any atom is -0.475 e. The van der Waals surface area contributed by atoms with Crippen molar-refractivity contribution < 1.29 is 32.3 Å². The molecule has 0 radical (unpaired) electrons. The Labute approximate surface area is 144 Å². The Morgan fingerprint density at radius 1 is 1.44 bits per heavy atom. The second kappa shape index (κ2) is 7.28. The number of nitrogens with zero attached hydrogens (tertiary/aromatic N) is 1. The standard InChI is InChI=1S/C14H12ClF3N2O5/c1-6-3-10-8(7(2)11(6)15)4-9(12(25-10)14(16,17)18)13(21)23-5-24-20-19-22/h3-4,12H,5H2,1-2H3,(H,20,22)/t12-/m0/s1. The van der Waals surface area contributed by atoms with E-state index in [0.29, 0.717) is 16.1 Å². The van der Waals surface area contributed by atoms with Gasteiger partial charge in [0.25, 0.3) is 0 Å². The maximum atomic E-state index is 13.3. The molecular weight excluding hydrogens is 369 g/mol. The molecule has 1 aromatic rings. The van der Waals surface area contributed by atoms with Crippen LogP contribution < -0.4 is 10.3 Å². The number of benzene rings is 1. The molecule has 25 heavy (non-hydrogen) atoms. The van der Waals surface area contributed by atoms with Gasteiger partial charge in [0, 0.05) is 10.6 Å². The number of esters is 1. The van der Waals surface area contributed by atoms with Crippen LogP contribution in [0.2, 0.25) is 5.02 Å². The molecule has 0 bridgehead atoms. The average molecular weight is 381 g/mol. The predicted molar refractivity (Wildman–Crippen MR) is 80.3 cm³/mol. The third-order valence-electron chi connectivity index (χ3n) is 3.40. The molecule has 0 unspecified atom stereocenters. The van der Waals surface area contributed by atoms with Gasteiger partial charge in [0.2, 0.25) is 12.9 Å². The lowest BCUT2D eigenvalue weighted by molar-refractivity contribution is -0.191. The summed E-state index contributed by atoms with van der Waals surface area (Å²) in [5, 5.41) is 2.46. The minimum atomic E-state index is -4.85. The molecule has 0 amide bonds.